The predicted octanol–water partition coefficient (Wildman–Crippen LogP) is 6.11. The van der Waals surface area contributed by atoms with Gasteiger partial charge in [0.25, 0.3) is 0 Å². The molecule has 0 fully saturated rings. The molecule has 3 nitrogen and oxygen atoms in total. The van der Waals surface area contributed by atoms with Crippen molar-refractivity contribution >= 4 is 46.4 Å². The molecule has 0 saturated carbocycles. The monoisotopic (exact) mass is 387 g/mol. The molecule has 0 radical (unpaired) electrons. The highest BCUT2D eigenvalue weighted by molar-refractivity contribution is 6.43. The lowest BCUT2D eigenvalue weighted by molar-refractivity contribution is 0.281. The van der Waals surface area contributed by atoms with E-state index < -0.39 is 0 Å². The van der Waals surface area contributed by atoms with E-state index in [1.54, 1.807) is 36.4 Å². The molecule has 7 heteroatoms. The van der Waals surface area contributed by atoms with Crippen LogP contribution >= 0.6 is 46.4 Å². The molecule has 0 atom stereocenters. The van der Waals surface area contributed by atoms with Crippen LogP contribution in [0.2, 0.25) is 20.1 Å². The third-order valence-corrected chi connectivity index (χ3v) is 4.53. The van der Waals surface area contributed by atoms with Crippen LogP contribution in [0.5, 0.6) is 0 Å². The van der Waals surface area contributed by atoms with Gasteiger partial charge in [0.05, 0.1) is 22.2 Å². The Morgan fingerprint density at radius 3 is 2.35 bits per heavy atom. The Balaban J connectivity index is 2.19. The van der Waals surface area contributed by atoms with E-state index in [-0.39, 0.29) is 6.61 Å². The zero-order valence-electron chi connectivity index (χ0n) is 11.5. The van der Waals surface area contributed by atoms with Gasteiger partial charge in [0.1, 0.15) is 5.69 Å². The van der Waals surface area contributed by atoms with Gasteiger partial charge in [0, 0.05) is 21.2 Å². The lowest BCUT2D eigenvalue weighted by Crippen LogP contribution is -1.90. The van der Waals surface area contributed by atoms with Gasteiger partial charge >= 0.3 is 0 Å². The Hall–Kier alpha value is -1.23. The van der Waals surface area contributed by atoms with E-state index in [2.05, 4.69) is 5.16 Å². The summed E-state index contributed by atoms with van der Waals surface area (Å²) in [7, 11) is 0. The van der Waals surface area contributed by atoms with E-state index in [0.717, 1.165) is 0 Å². The number of nitrogens with zero attached hydrogens (tertiary/aromatic N) is 1. The van der Waals surface area contributed by atoms with Crippen LogP contribution in [-0.2, 0) is 6.61 Å². The molecule has 3 rings (SSSR count). The summed E-state index contributed by atoms with van der Waals surface area (Å²) in [5, 5.41) is 15.4. The molecule has 0 spiro atoms. The number of hydrogen-bond acceptors (Lipinski definition) is 3. The average Bonchev–Trinajstić information content (AvgIpc) is 2.92. The lowest BCUT2D eigenvalue weighted by Gasteiger charge is -2.05. The fourth-order valence-corrected chi connectivity index (χ4v) is 3.18. The predicted molar refractivity (Wildman–Crippen MR) is 93.3 cm³/mol. The molecule has 0 saturated heterocycles. The number of aromatic nitrogens is 1. The van der Waals surface area contributed by atoms with Crippen molar-refractivity contribution in [2.75, 3.05) is 0 Å². The van der Waals surface area contributed by atoms with Crippen molar-refractivity contribution in [1.29, 1.82) is 0 Å². The maximum atomic E-state index is 9.77. The highest BCUT2D eigenvalue weighted by Crippen LogP contribution is 2.39. The van der Waals surface area contributed by atoms with Gasteiger partial charge in [-0.2, -0.15) is 0 Å². The third-order valence-electron chi connectivity index (χ3n) is 3.28. The lowest BCUT2D eigenvalue weighted by atomic mass is 10.0. The molecule has 0 aliphatic rings. The fraction of sp³-hybridized carbons (Fsp3) is 0.0625. The summed E-state index contributed by atoms with van der Waals surface area (Å²) in [5.74, 6) is 0.378. The summed E-state index contributed by atoms with van der Waals surface area (Å²) in [4.78, 5) is 0. The Kier molecular flexibility index (Phi) is 4.85. The van der Waals surface area contributed by atoms with Crippen molar-refractivity contribution in [2.45, 2.75) is 6.61 Å². The molecule has 0 amide bonds. The smallest absolute Gasteiger partial charge is 0.173 e. The summed E-state index contributed by atoms with van der Waals surface area (Å²) in [6.07, 6.45) is 0. The van der Waals surface area contributed by atoms with Crippen molar-refractivity contribution in [3.8, 4) is 22.6 Å². The van der Waals surface area contributed by atoms with Crippen molar-refractivity contribution in [1.82, 2.24) is 5.16 Å². The topological polar surface area (TPSA) is 46.3 Å². The first-order valence-corrected chi connectivity index (χ1v) is 8.02. The molecule has 1 heterocycles. The SMILES string of the molecule is OCc1c(-c2cccc(Cl)c2Cl)noc1-c1cc(Cl)cc(Cl)c1. The normalized spacial score (nSPS) is 11.0. The first kappa shape index (κ1) is 16.6. The van der Waals surface area contributed by atoms with Crippen LogP contribution in [0.4, 0.5) is 0 Å². The van der Waals surface area contributed by atoms with Crippen molar-refractivity contribution in [3.63, 3.8) is 0 Å². The van der Waals surface area contributed by atoms with Gasteiger partial charge in [0.2, 0.25) is 0 Å². The fourth-order valence-electron chi connectivity index (χ4n) is 2.27. The molecular weight excluding hydrogens is 380 g/mol. The van der Waals surface area contributed by atoms with E-state index in [9.17, 15) is 5.11 Å². The van der Waals surface area contributed by atoms with E-state index in [4.69, 9.17) is 50.9 Å². The van der Waals surface area contributed by atoms with Crippen LogP contribution in [0.1, 0.15) is 5.56 Å². The molecule has 1 N–H and O–H groups in total. The standard InChI is InChI=1S/C16H9Cl4NO2/c17-9-4-8(5-10(18)6-9)16-12(7-22)15(21-23-16)11-2-1-3-13(19)14(11)20/h1-6,22H,7H2. The van der Waals surface area contributed by atoms with Gasteiger partial charge in [-0.15, -0.1) is 0 Å². The van der Waals surface area contributed by atoms with Crippen molar-refractivity contribution in [3.05, 3.63) is 62.1 Å². The summed E-state index contributed by atoms with van der Waals surface area (Å²) in [5.41, 5.74) is 2.09. The number of aliphatic hydroxyl groups is 1. The van der Waals surface area contributed by atoms with E-state index in [0.29, 0.717) is 48.2 Å². The first-order valence-electron chi connectivity index (χ1n) is 6.51. The Labute approximate surface area is 152 Å². The second-order valence-corrected chi connectivity index (χ2v) is 6.41. The second kappa shape index (κ2) is 6.71. The highest BCUT2D eigenvalue weighted by atomic mass is 35.5. The molecule has 1 aromatic heterocycles. The molecule has 0 aliphatic carbocycles. The summed E-state index contributed by atoms with van der Waals surface area (Å²) in [6, 6.07) is 10.1. The van der Waals surface area contributed by atoms with Gasteiger partial charge in [-0.1, -0.05) is 63.7 Å². The molecule has 23 heavy (non-hydrogen) atoms. The van der Waals surface area contributed by atoms with Gasteiger partial charge in [-0.3, -0.25) is 0 Å². The maximum absolute atomic E-state index is 9.77. The highest BCUT2D eigenvalue weighted by Gasteiger charge is 2.21. The Morgan fingerprint density at radius 2 is 1.70 bits per heavy atom. The summed E-state index contributed by atoms with van der Waals surface area (Å²) >= 11 is 24.3. The molecule has 0 aliphatic heterocycles. The summed E-state index contributed by atoms with van der Waals surface area (Å²) in [6.45, 7) is -0.291. The number of rotatable bonds is 3. The number of aliphatic hydroxyl groups excluding tert-OH is 1. The van der Waals surface area contributed by atoms with Crippen LogP contribution in [-0.4, -0.2) is 10.3 Å². The van der Waals surface area contributed by atoms with Crippen LogP contribution in [0.3, 0.4) is 0 Å². The minimum absolute atomic E-state index is 0.291. The number of benzene rings is 2. The van der Waals surface area contributed by atoms with Crippen LogP contribution in [0.15, 0.2) is 40.9 Å². The quantitative estimate of drug-likeness (QED) is 0.588. The molecule has 2 aromatic carbocycles. The van der Waals surface area contributed by atoms with Crippen molar-refractivity contribution in [2.24, 2.45) is 0 Å². The number of halogens is 4. The average molecular weight is 389 g/mol. The molecule has 0 bridgehead atoms. The first-order chi connectivity index (χ1) is 11.0. The summed E-state index contributed by atoms with van der Waals surface area (Å²) < 4.78 is 5.40. The van der Waals surface area contributed by atoms with Crippen molar-refractivity contribution < 1.29 is 9.63 Å². The minimum Gasteiger partial charge on any atom is -0.391 e. The third kappa shape index (κ3) is 3.21. The van der Waals surface area contributed by atoms with Crippen LogP contribution in [0, 0.1) is 0 Å². The molecule has 0 unspecified atom stereocenters. The van der Waals surface area contributed by atoms with Gasteiger partial charge in [-0.05, 0) is 24.3 Å². The zero-order valence-corrected chi connectivity index (χ0v) is 14.5. The maximum Gasteiger partial charge on any atom is 0.173 e. The largest absolute Gasteiger partial charge is 0.391 e. The molecule has 118 valence electrons. The van der Waals surface area contributed by atoms with Gasteiger partial charge < -0.3 is 9.63 Å². The Morgan fingerprint density at radius 1 is 1.00 bits per heavy atom. The van der Waals surface area contributed by atoms with E-state index in [1.165, 1.54) is 0 Å². The number of hydrogen-bond donors (Lipinski definition) is 1. The zero-order chi connectivity index (χ0) is 16.6. The van der Waals surface area contributed by atoms with E-state index >= 15 is 0 Å². The van der Waals surface area contributed by atoms with Gasteiger partial charge in [0.15, 0.2) is 5.76 Å². The van der Waals surface area contributed by atoms with E-state index in [1.807, 2.05) is 0 Å². The molecule has 3 aromatic rings. The van der Waals surface area contributed by atoms with Gasteiger partial charge in [-0.25, -0.2) is 0 Å². The van der Waals surface area contributed by atoms with Crippen LogP contribution in [0.25, 0.3) is 22.6 Å². The van der Waals surface area contributed by atoms with Crippen LogP contribution < -0.4 is 0 Å². The molecular formula is C16H9Cl4NO2. The second-order valence-electron chi connectivity index (χ2n) is 4.76. The Bertz CT molecular complexity index is 856. The minimum atomic E-state index is -0.291.